The summed E-state index contributed by atoms with van der Waals surface area (Å²) in [4.78, 5) is 52.2. The summed E-state index contributed by atoms with van der Waals surface area (Å²) in [6.45, 7) is 3.80. The molecular weight excluding hydrogens is 352 g/mol. The molecule has 0 saturated carbocycles. The van der Waals surface area contributed by atoms with Crippen LogP contribution in [0.1, 0.15) is 32.1 Å². The first kappa shape index (κ1) is 20.3. The minimum atomic E-state index is -1.08. The van der Waals surface area contributed by atoms with Gasteiger partial charge in [-0.05, 0) is 18.4 Å². The third-order valence-corrected chi connectivity index (χ3v) is 4.03. The van der Waals surface area contributed by atoms with Gasteiger partial charge in [-0.3, -0.25) is 19.3 Å². The Morgan fingerprint density at radius 3 is 2.56 bits per heavy atom. The predicted octanol–water partition coefficient (Wildman–Crippen LogP) is 1.15. The van der Waals surface area contributed by atoms with Crippen molar-refractivity contribution in [2.75, 3.05) is 6.54 Å². The fraction of sp³-hybridized carbons (Fsp3) is 0.368. The molecule has 0 aromatic carbocycles. The molecule has 0 bridgehead atoms. The second-order valence-corrected chi connectivity index (χ2v) is 6.06. The van der Waals surface area contributed by atoms with Gasteiger partial charge in [-0.25, -0.2) is 4.79 Å². The van der Waals surface area contributed by atoms with Crippen LogP contribution in [0.5, 0.6) is 0 Å². The molecule has 0 radical (unpaired) electrons. The van der Waals surface area contributed by atoms with Crippen LogP contribution in [-0.2, 0) is 24.0 Å². The fourth-order valence-electron chi connectivity index (χ4n) is 2.64. The molecule has 1 atom stereocenters. The summed E-state index contributed by atoms with van der Waals surface area (Å²) in [7, 11) is 0. The van der Waals surface area contributed by atoms with Crippen LogP contribution in [0.25, 0.3) is 0 Å². The predicted molar refractivity (Wildman–Crippen MR) is 95.3 cm³/mol. The van der Waals surface area contributed by atoms with Gasteiger partial charge in [0.25, 0.3) is 17.7 Å². The maximum absolute atomic E-state index is 11.8. The molecule has 0 aromatic rings. The lowest BCUT2D eigenvalue weighted by Gasteiger charge is -2.18. The van der Waals surface area contributed by atoms with E-state index in [1.54, 1.807) is 24.3 Å². The van der Waals surface area contributed by atoms with E-state index in [1.807, 2.05) is 0 Å². The molecule has 1 saturated heterocycles. The van der Waals surface area contributed by atoms with E-state index in [-0.39, 0.29) is 37.6 Å². The zero-order chi connectivity index (χ0) is 19.8. The van der Waals surface area contributed by atoms with Crippen LogP contribution < -0.4 is 0 Å². The molecule has 2 aliphatic heterocycles. The third kappa shape index (κ3) is 5.75. The summed E-state index contributed by atoms with van der Waals surface area (Å²) in [6.07, 6.45) is 9.68. The highest BCUT2D eigenvalue weighted by molar-refractivity contribution is 6.12. The van der Waals surface area contributed by atoms with Crippen LogP contribution in [0.15, 0.2) is 48.6 Å². The van der Waals surface area contributed by atoms with Crippen LogP contribution in [0.3, 0.4) is 0 Å². The highest BCUT2D eigenvalue weighted by Gasteiger charge is 2.32. The first-order chi connectivity index (χ1) is 12.9. The molecule has 1 unspecified atom stereocenters. The number of amides is 3. The highest BCUT2D eigenvalue weighted by Crippen LogP contribution is 2.18. The second-order valence-electron chi connectivity index (χ2n) is 6.06. The van der Waals surface area contributed by atoms with Crippen molar-refractivity contribution in [3.8, 4) is 0 Å². The lowest BCUT2D eigenvalue weighted by molar-refractivity contribution is -0.220. The minimum Gasteiger partial charge on any atom is -0.370 e. The van der Waals surface area contributed by atoms with Crippen LogP contribution >= 0.6 is 0 Å². The number of hydrogen-bond acceptors (Lipinski definition) is 6. The number of hydroxylamine groups is 2. The summed E-state index contributed by atoms with van der Waals surface area (Å²) in [5, 5.41) is 10.3. The van der Waals surface area contributed by atoms with Crippen molar-refractivity contribution in [1.82, 2.24) is 9.96 Å². The summed E-state index contributed by atoms with van der Waals surface area (Å²) in [5.41, 5.74) is 0.863. The standard InChI is InChI=1S/C19H22N2O6/c1-2-5-14(7-4-13-20-15(22)9-10-16(20)23)6-3-8-19(26)27-21-17(24)11-12-18(21)25/h2,4-5,7,9-10,17,24H,1,3,6,8,11-13H2/b7-4-,14-5-. The SMILES string of the molecule is C=C/C=C(\C=C/CN1C(=O)C=CC1=O)CCCC(=O)ON1C(=O)CCC1O. The van der Waals surface area contributed by atoms with Crippen LogP contribution in [0.2, 0.25) is 0 Å². The number of nitrogens with zero attached hydrogens (tertiary/aromatic N) is 2. The number of aliphatic hydroxyl groups excluding tert-OH is 1. The normalized spacial score (nSPS) is 20.3. The van der Waals surface area contributed by atoms with E-state index >= 15 is 0 Å². The molecule has 2 rings (SSSR count). The molecule has 27 heavy (non-hydrogen) atoms. The van der Waals surface area contributed by atoms with E-state index in [0.29, 0.717) is 12.8 Å². The molecule has 0 aromatic heterocycles. The van der Waals surface area contributed by atoms with Gasteiger partial charge in [-0.1, -0.05) is 30.9 Å². The largest absolute Gasteiger partial charge is 0.370 e. The topological polar surface area (TPSA) is 104 Å². The van der Waals surface area contributed by atoms with Gasteiger partial charge in [0.05, 0.1) is 0 Å². The Morgan fingerprint density at radius 1 is 1.26 bits per heavy atom. The van der Waals surface area contributed by atoms with Gasteiger partial charge in [0.1, 0.15) is 0 Å². The van der Waals surface area contributed by atoms with Gasteiger partial charge in [0, 0.05) is 38.0 Å². The smallest absolute Gasteiger partial charge is 0.332 e. The van der Waals surface area contributed by atoms with E-state index in [0.717, 1.165) is 15.5 Å². The van der Waals surface area contributed by atoms with Crippen LogP contribution in [0.4, 0.5) is 0 Å². The summed E-state index contributed by atoms with van der Waals surface area (Å²) in [6, 6.07) is 0. The lowest BCUT2D eigenvalue weighted by atomic mass is 10.1. The monoisotopic (exact) mass is 374 g/mol. The molecule has 8 heteroatoms. The first-order valence-electron chi connectivity index (χ1n) is 8.65. The Labute approximate surface area is 157 Å². The number of carbonyl (C=O) groups excluding carboxylic acids is 4. The van der Waals surface area contributed by atoms with Gasteiger partial charge in [-0.15, -0.1) is 5.06 Å². The van der Waals surface area contributed by atoms with Crippen molar-refractivity contribution in [2.24, 2.45) is 0 Å². The maximum Gasteiger partial charge on any atom is 0.332 e. The molecule has 2 aliphatic rings. The summed E-state index contributed by atoms with van der Waals surface area (Å²) < 4.78 is 0. The van der Waals surface area contributed by atoms with Gasteiger partial charge in [0.2, 0.25) is 0 Å². The number of imide groups is 1. The fourth-order valence-corrected chi connectivity index (χ4v) is 2.64. The molecule has 3 amide bonds. The average Bonchev–Trinajstić information content (AvgIpc) is 3.11. The van der Waals surface area contributed by atoms with Crippen molar-refractivity contribution in [1.29, 1.82) is 0 Å². The zero-order valence-corrected chi connectivity index (χ0v) is 14.9. The van der Waals surface area contributed by atoms with E-state index in [9.17, 15) is 24.3 Å². The Morgan fingerprint density at radius 2 is 1.96 bits per heavy atom. The maximum atomic E-state index is 11.8. The van der Waals surface area contributed by atoms with Crippen molar-refractivity contribution in [3.63, 3.8) is 0 Å². The van der Waals surface area contributed by atoms with Gasteiger partial charge < -0.3 is 9.94 Å². The van der Waals surface area contributed by atoms with Gasteiger partial charge >= 0.3 is 5.97 Å². The molecule has 0 aliphatic carbocycles. The Balaban J connectivity index is 1.76. The molecule has 1 N–H and O–H groups in total. The lowest BCUT2D eigenvalue weighted by Crippen LogP contribution is -2.35. The second kappa shape index (κ2) is 9.63. The zero-order valence-electron chi connectivity index (χ0n) is 14.9. The Hall–Kier alpha value is -3.00. The highest BCUT2D eigenvalue weighted by atomic mass is 16.7. The van der Waals surface area contributed by atoms with Gasteiger partial charge in [0.15, 0.2) is 6.23 Å². The number of rotatable bonds is 9. The van der Waals surface area contributed by atoms with E-state index < -0.39 is 18.1 Å². The van der Waals surface area contributed by atoms with Crippen molar-refractivity contribution in [3.05, 3.63) is 48.6 Å². The van der Waals surface area contributed by atoms with Gasteiger partial charge in [-0.2, -0.15) is 0 Å². The number of hydrogen-bond donors (Lipinski definition) is 1. The average molecular weight is 374 g/mol. The van der Waals surface area contributed by atoms with Crippen molar-refractivity contribution >= 4 is 23.7 Å². The Kier molecular flexibility index (Phi) is 7.25. The van der Waals surface area contributed by atoms with E-state index in [4.69, 9.17) is 4.84 Å². The number of aliphatic hydroxyl groups is 1. The molecule has 1 fully saturated rings. The third-order valence-electron chi connectivity index (χ3n) is 4.03. The number of carbonyl (C=O) groups is 4. The van der Waals surface area contributed by atoms with E-state index in [2.05, 4.69) is 6.58 Å². The minimum absolute atomic E-state index is 0.0752. The van der Waals surface area contributed by atoms with E-state index in [1.165, 1.54) is 12.2 Å². The molecule has 2 heterocycles. The summed E-state index contributed by atoms with van der Waals surface area (Å²) in [5.74, 6) is -1.70. The molecule has 8 nitrogen and oxygen atoms in total. The van der Waals surface area contributed by atoms with Crippen LogP contribution in [0, 0.1) is 0 Å². The number of allylic oxidation sites excluding steroid dienone is 4. The van der Waals surface area contributed by atoms with Crippen molar-refractivity contribution < 1.29 is 29.1 Å². The molecule has 144 valence electrons. The van der Waals surface area contributed by atoms with Crippen LogP contribution in [-0.4, -0.2) is 51.5 Å². The molecular formula is C19H22N2O6. The quantitative estimate of drug-likeness (QED) is 0.480. The first-order valence-corrected chi connectivity index (χ1v) is 8.65. The van der Waals surface area contributed by atoms with Crippen molar-refractivity contribution in [2.45, 2.75) is 38.3 Å². The summed E-state index contributed by atoms with van der Waals surface area (Å²) >= 11 is 0. The Bertz CT molecular complexity index is 704. The molecule has 0 spiro atoms.